The van der Waals surface area contributed by atoms with E-state index in [2.05, 4.69) is 10.3 Å². The Hall–Kier alpha value is -2.34. The van der Waals surface area contributed by atoms with Crippen LogP contribution in [0, 0.1) is 0 Å². The van der Waals surface area contributed by atoms with E-state index in [9.17, 15) is 4.79 Å². The Balaban J connectivity index is 1.71. The molecule has 3 N–H and O–H groups in total. The van der Waals surface area contributed by atoms with Crippen molar-refractivity contribution in [2.45, 2.75) is 13.0 Å². The fraction of sp³-hybridized carbons (Fsp3) is 0.333. The molecule has 0 saturated carbocycles. The van der Waals surface area contributed by atoms with Gasteiger partial charge in [-0.15, -0.1) is 0 Å². The minimum Gasteiger partial charge on any atom is -0.484 e. The molecule has 21 heavy (non-hydrogen) atoms. The monoisotopic (exact) mass is 288 g/mol. The van der Waals surface area contributed by atoms with Gasteiger partial charge in [0.15, 0.2) is 6.61 Å². The molecule has 0 radical (unpaired) electrons. The zero-order valence-electron chi connectivity index (χ0n) is 12.1. The molecule has 1 aromatic carbocycles. The van der Waals surface area contributed by atoms with E-state index in [1.165, 1.54) is 0 Å². The summed E-state index contributed by atoms with van der Waals surface area (Å²) in [5.74, 6) is 1.23. The molecule has 0 unspecified atom stereocenters. The third-order valence-electron chi connectivity index (χ3n) is 3.08. The molecule has 6 nitrogen and oxygen atoms in total. The maximum absolute atomic E-state index is 10.6. The molecule has 0 bridgehead atoms. The van der Waals surface area contributed by atoms with Crippen LogP contribution in [0.2, 0.25) is 0 Å². The first-order valence-electron chi connectivity index (χ1n) is 6.82. The highest BCUT2D eigenvalue weighted by molar-refractivity contribution is 5.75. The van der Waals surface area contributed by atoms with E-state index in [4.69, 9.17) is 10.5 Å². The molecular formula is C15H20N4O2. The Morgan fingerprint density at radius 2 is 2.14 bits per heavy atom. The van der Waals surface area contributed by atoms with Gasteiger partial charge in [0.1, 0.15) is 11.6 Å². The first-order chi connectivity index (χ1) is 10.1. The van der Waals surface area contributed by atoms with Gasteiger partial charge >= 0.3 is 0 Å². The Bertz CT molecular complexity index is 578. The molecule has 0 fully saturated rings. The molecule has 0 aliphatic rings. The van der Waals surface area contributed by atoms with Crippen molar-refractivity contribution in [1.29, 1.82) is 0 Å². The largest absolute Gasteiger partial charge is 0.484 e. The number of hydrogen-bond acceptors (Lipinski definition) is 4. The van der Waals surface area contributed by atoms with Crippen LogP contribution in [0.1, 0.15) is 11.4 Å². The van der Waals surface area contributed by atoms with Crippen LogP contribution in [0.4, 0.5) is 0 Å². The van der Waals surface area contributed by atoms with Crippen molar-refractivity contribution in [2.24, 2.45) is 12.8 Å². The Labute approximate surface area is 123 Å². The fourth-order valence-electron chi connectivity index (χ4n) is 1.93. The standard InChI is InChI=1S/C15H20N4O2/c1-19-9-8-18-15(19)6-7-17-10-12-2-4-13(5-3-12)21-11-14(16)20/h2-5,8-9,17H,6-7,10-11H2,1H3,(H2,16,20). The second kappa shape index (κ2) is 7.44. The van der Waals surface area contributed by atoms with Crippen LogP contribution in [0.3, 0.4) is 0 Å². The van der Waals surface area contributed by atoms with Gasteiger partial charge in [-0.3, -0.25) is 4.79 Å². The third kappa shape index (κ3) is 4.92. The summed E-state index contributed by atoms with van der Waals surface area (Å²) in [6.07, 6.45) is 4.64. The zero-order valence-corrected chi connectivity index (χ0v) is 12.1. The van der Waals surface area contributed by atoms with Crippen LogP contribution in [0.25, 0.3) is 0 Å². The smallest absolute Gasteiger partial charge is 0.255 e. The first kappa shape index (κ1) is 15.1. The summed E-state index contributed by atoms with van der Waals surface area (Å²) in [5, 5.41) is 3.37. The SMILES string of the molecule is Cn1ccnc1CCNCc1ccc(OCC(N)=O)cc1. The lowest BCUT2D eigenvalue weighted by atomic mass is 10.2. The molecule has 0 atom stereocenters. The number of aromatic nitrogens is 2. The van der Waals surface area contributed by atoms with Gasteiger partial charge in [-0.25, -0.2) is 4.98 Å². The van der Waals surface area contributed by atoms with Gasteiger partial charge in [-0.05, 0) is 17.7 Å². The second-order valence-corrected chi connectivity index (χ2v) is 4.78. The van der Waals surface area contributed by atoms with Crippen molar-refractivity contribution in [2.75, 3.05) is 13.2 Å². The quantitative estimate of drug-likeness (QED) is 0.698. The predicted molar refractivity (Wildman–Crippen MR) is 79.8 cm³/mol. The number of carbonyl (C=O) groups excluding carboxylic acids is 1. The van der Waals surface area contributed by atoms with Crippen LogP contribution in [-0.4, -0.2) is 28.6 Å². The minimum atomic E-state index is -0.477. The van der Waals surface area contributed by atoms with E-state index in [1.807, 2.05) is 42.1 Å². The number of rotatable bonds is 8. The molecule has 0 saturated heterocycles. The molecule has 0 aliphatic carbocycles. The predicted octanol–water partition coefficient (Wildman–Crippen LogP) is 0.617. The van der Waals surface area contributed by atoms with Crippen LogP contribution >= 0.6 is 0 Å². The van der Waals surface area contributed by atoms with Gasteiger partial charge in [0, 0.05) is 39.0 Å². The van der Waals surface area contributed by atoms with Gasteiger partial charge in [0.05, 0.1) is 0 Å². The van der Waals surface area contributed by atoms with Crippen molar-refractivity contribution in [1.82, 2.24) is 14.9 Å². The number of hydrogen-bond donors (Lipinski definition) is 2. The summed E-state index contributed by atoms with van der Waals surface area (Å²) in [5.41, 5.74) is 6.18. The molecule has 1 heterocycles. The number of amides is 1. The van der Waals surface area contributed by atoms with Crippen molar-refractivity contribution in [3.05, 3.63) is 48.0 Å². The summed E-state index contributed by atoms with van der Waals surface area (Å²) in [6, 6.07) is 7.59. The van der Waals surface area contributed by atoms with E-state index in [1.54, 1.807) is 6.20 Å². The molecule has 2 aromatic rings. The molecule has 0 spiro atoms. The van der Waals surface area contributed by atoms with E-state index in [0.29, 0.717) is 5.75 Å². The van der Waals surface area contributed by atoms with Crippen molar-refractivity contribution >= 4 is 5.91 Å². The highest BCUT2D eigenvalue weighted by Gasteiger charge is 2.00. The van der Waals surface area contributed by atoms with Gasteiger partial charge in [0.25, 0.3) is 5.91 Å². The van der Waals surface area contributed by atoms with Crippen molar-refractivity contribution in [3.8, 4) is 5.75 Å². The lowest BCUT2D eigenvalue weighted by Crippen LogP contribution is -2.20. The Morgan fingerprint density at radius 3 is 2.76 bits per heavy atom. The number of benzene rings is 1. The Morgan fingerprint density at radius 1 is 1.38 bits per heavy atom. The normalized spacial score (nSPS) is 10.5. The van der Waals surface area contributed by atoms with Crippen LogP contribution < -0.4 is 15.8 Å². The molecule has 1 aromatic heterocycles. The van der Waals surface area contributed by atoms with Gasteiger partial charge in [0.2, 0.25) is 0 Å². The van der Waals surface area contributed by atoms with E-state index in [-0.39, 0.29) is 6.61 Å². The van der Waals surface area contributed by atoms with Crippen LogP contribution in [0.15, 0.2) is 36.7 Å². The number of aryl methyl sites for hydroxylation is 1. The molecule has 0 aliphatic heterocycles. The van der Waals surface area contributed by atoms with E-state index < -0.39 is 5.91 Å². The topological polar surface area (TPSA) is 82.2 Å². The number of primary amides is 1. The van der Waals surface area contributed by atoms with E-state index in [0.717, 1.165) is 30.9 Å². The number of nitrogens with zero attached hydrogens (tertiary/aromatic N) is 2. The lowest BCUT2D eigenvalue weighted by molar-refractivity contribution is -0.119. The lowest BCUT2D eigenvalue weighted by Gasteiger charge is -2.07. The highest BCUT2D eigenvalue weighted by atomic mass is 16.5. The molecule has 112 valence electrons. The number of imidazole rings is 1. The number of nitrogens with one attached hydrogen (secondary N) is 1. The highest BCUT2D eigenvalue weighted by Crippen LogP contribution is 2.11. The second-order valence-electron chi connectivity index (χ2n) is 4.78. The summed E-state index contributed by atoms with van der Waals surface area (Å²) in [7, 11) is 1.99. The number of carbonyl (C=O) groups is 1. The maximum Gasteiger partial charge on any atom is 0.255 e. The van der Waals surface area contributed by atoms with E-state index >= 15 is 0 Å². The fourth-order valence-corrected chi connectivity index (χ4v) is 1.93. The molecule has 6 heteroatoms. The summed E-state index contributed by atoms with van der Waals surface area (Å²) >= 11 is 0. The number of ether oxygens (including phenoxy) is 1. The van der Waals surface area contributed by atoms with Crippen LogP contribution in [0.5, 0.6) is 5.75 Å². The summed E-state index contributed by atoms with van der Waals surface area (Å²) in [6.45, 7) is 1.55. The third-order valence-corrected chi connectivity index (χ3v) is 3.08. The number of nitrogens with two attached hydrogens (primary N) is 1. The van der Waals surface area contributed by atoms with Crippen molar-refractivity contribution in [3.63, 3.8) is 0 Å². The molecule has 1 amide bonds. The average molecular weight is 288 g/mol. The van der Waals surface area contributed by atoms with Crippen LogP contribution in [-0.2, 0) is 24.8 Å². The summed E-state index contributed by atoms with van der Waals surface area (Å²) < 4.78 is 7.22. The molecular weight excluding hydrogens is 268 g/mol. The maximum atomic E-state index is 10.6. The minimum absolute atomic E-state index is 0.0960. The first-order valence-corrected chi connectivity index (χ1v) is 6.82. The van der Waals surface area contributed by atoms with Gasteiger partial charge in [-0.1, -0.05) is 12.1 Å². The average Bonchev–Trinajstić information content (AvgIpc) is 2.88. The zero-order chi connectivity index (χ0) is 15.1. The van der Waals surface area contributed by atoms with Gasteiger partial charge in [-0.2, -0.15) is 0 Å². The van der Waals surface area contributed by atoms with Crippen molar-refractivity contribution < 1.29 is 9.53 Å². The molecule has 2 rings (SSSR count). The van der Waals surface area contributed by atoms with Gasteiger partial charge < -0.3 is 20.4 Å². The Kier molecular flexibility index (Phi) is 5.34. The summed E-state index contributed by atoms with van der Waals surface area (Å²) in [4.78, 5) is 14.9.